The van der Waals surface area contributed by atoms with Gasteiger partial charge in [-0.1, -0.05) is 23.3 Å². The maximum Gasteiger partial charge on any atom is 0.227 e. The van der Waals surface area contributed by atoms with Crippen molar-refractivity contribution in [3.63, 3.8) is 0 Å². The Morgan fingerprint density at radius 3 is 2.37 bits per heavy atom. The van der Waals surface area contributed by atoms with Crippen LogP contribution in [0.5, 0.6) is 0 Å². The molecule has 1 aliphatic heterocycles. The number of carbonyl (C=O) groups excluding carboxylic acids is 2. The van der Waals surface area contributed by atoms with E-state index in [1.54, 1.807) is 17.0 Å². The number of piperazine rings is 1. The van der Waals surface area contributed by atoms with E-state index in [0.717, 1.165) is 36.3 Å². The van der Waals surface area contributed by atoms with E-state index in [4.69, 9.17) is 0 Å². The zero-order chi connectivity index (χ0) is 19.6. The van der Waals surface area contributed by atoms with Gasteiger partial charge in [-0.2, -0.15) is 0 Å². The van der Waals surface area contributed by atoms with Crippen molar-refractivity contribution in [1.29, 1.82) is 0 Å². The summed E-state index contributed by atoms with van der Waals surface area (Å²) in [7, 11) is 0. The van der Waals surface area contributed by atoms with Gasteiger partial charge in [-0.3, -0.25) is 4.79 Å². The first-order valence-corrected chi connectivity index (χ1v) is 9.58. The van der Waals surface area contributed by atoms with Gasteiger partial charge in [-0.25, -0.2) is 4.39 Å². The summed E-state index contributed by atoms with van der Waals surface area (Å²) in [6.07, 6.45) is 0.898. The molecule has 1 N–H and O–H groups in total. The minimum atomic E-state index is -1.13. The number of carbonyl (C=O) groups is 2. The molecule has 1 aromatic rings. The molecule has 0 aromatic heterocycles. The van der Waals surface area contributed by atoms with Crippen LogP contribution in [-0.4, -0.2) is 43.0 Å². The van der Waals surface area contributed by atoms with Gasteiger partial charge in [-0.15, -0.1) is 0 Å². The number of hydrogen-bond acceptors (Lipinski definition) is 3. The number of carboxylic acid groups (broad SMARTS) is 1. The number of nitrogens with zero attached hydrogens (tertiary/aromatic N) is 1. The second-order valence-electron chi connectivity index (χ2n) is 7.88. The lowest BCUT2D eigenvalue weighted by molar-refractivity contribution is -0.917. The van der Waals surface area contributed by atoms with Crippen LogP contribution in [0.25, 0.3) is 0 Å². The summed E-state index contributed by atoms with van der Waals surface area (Å²) in [6, 6.07) is 6.61. The molecule has 0 unspecified atom stereocenters. The second kappa shape index (κ2) is 8.21. The molecule has 2 atom stereocenters. The molecular weight excluding hydrogens is 347 g/mol. The molecule has 146 valence electrons. The van der Waals surface area contributed by atoms with Gasteiger partial charge in [0.2, 0.25) is 5.91 Å². The lowest BCUT2D eigenvalue weighted by Gasteiger charge is -2.38. The van der Waals surface area contributed by atoms with E-state index in [1.807, 2.05) is 19.9 Å². The van der Waals surface area contributed by atoms with Gasteiger partial charge < -0.3 is 19.7 Å². The summed E-state index contributed by atoms with van der Waals surface area (Å²) in [5, 5.41) is 11.5. The first kappa shape index (κ1) is 19.5. The molecule has 1 fully saturated rings. The molecule has 3 rings (SSSR count). The maximum absolute atomic E-state index is 13.3. The van der Waals surface area contributed by atoms with Crippen LogP contribution >= 0.6 is 0 Å². The number of hydrogen-bond donors (Lipinski definition) is 1. The molecule has 1 amide bonds. The van der Waals surface area contributed by atoms with E-state index in [-0.39, 0.29) is 11.7 Å². The number of quaternary nitrogens is 1. The number of amides is 1. The molecule has 1 heterocycles. The van der Waals surface area contributed by atoms with E-state index in [1.165, 1.54) is 11.0 Å². The fourth-order valence-corrected chi connectivity index (χ4v) is 4.19. The zero-order valence-electron chi connectivity index (χ0n) is 16.0. The lowest BCUT2D eigenvalue weighted by atomic mass is 9.76. The van der Waals surface area contributed by atoms with Crippen molar-refractivity contribution in [2.75, 3.05) is 26.2 Å². The Labute approximate surface area is 159 Å². The number of benzene rings is 1. The van der Waals surface area contributed by atoms with Gasteiger partial charge in [0.1, 0.15) is 12.4 Å². The van der Waals surface area contributed by atoms with E-state index in [2.05, 4.69) is 0 Å². The van der Waals surface area contributed by atoms with Gasteiger partial charge in [-0.05, 0) is 38.8 Å². The van der Waals surface area contributed by atoms with Crippen LogP contribution in [0.2, 0.25) is 0 Å². The number of aliphatic carboxylic acids is 1. The molecule has 0 bridgehead atoms. The highest BCUT2D eigenvalue weighted by Crippen LogP contribution is 2.35. The van der Waals surface area contributed by atoms with Crippen LogP contribution in [0.3, 0.4) is 0 Å². The van der Waals surface area contributed by atoms with Crippen LogP contribution in [0.15, 0.2) is 35.4 Å². The minimum absolute atomic E-state index is 0.0687. The largest absolute Gasteiger partial charge is 0.550 e. The first-order valence-electron chi connectivity index (χ1n) is 9.58. The van der Waals surface area contributed by atoms with Crippen molar-refractivity contribution in [1.82, 2.24) is 4.90 Å². The Bertz CT molecular complexity index is 754. The molecule has 0 radical (unpaired) electrons. The van der Waals surface area contributed by atoms with Crippen LogP contribution in [0.4, 0.5) is 4.39 Å². The van der Waals surface area contributed by atoms with Gasteiger partial charge in [0.15, 0.2) is 0 Å². The number of halogens is 1. The van der Waals surface area contributed by atoms with E-state index in [9.17, 15) is 19.1 Å². The topological polar surface area (TPSA) is 64.9 Å². The molecule has 6 heteroatoms. The highest BCUT2D eigenvalue weighted by molar-refractivity contribution is 5.85. The Hall–Kier alpha value is -2.21. The molecule has 5 nitrogen and oxygen atoms in total. The molecule has 2 aliphatic rings. The number of nitrogens with one attached hydrogen (secondary N) is 1. The number of allylic oxidation sites excluding steroid dienone is 2. The highest BCUT2D eigenvalue weighted by atomic mass is 19.1. The molecule has 0 spiro atoms. The SMILES string of the molecule is CC1=C(C)C[C@@H](C(=O)N2CC[NH+](Cc3cccc(F)c3)CC2)[C@@H](C(=O)[O-])C1. The quantitative estimate of drug-likeness (QED) is 0.764. The fourth-order valence-electron chi connectivity index (χ4n) is 4.19. The average Bonchev–Trinajstić information content (AvgIpc) is 2.63. The van der Waals surface area contributed by atoms with Crippen molar-refractivity contribution < 1.29 is 24.0 Å². The average molecular weight is 374 g/mol. The maximum atomic E-state index is 13.3. The monoisotopic (exact) mass is 374 g/mol. The predicted octanol–water partition coefficient (Wildman–Crippen LogP) is 0.165. The van der Waals surface area contributed by atoms with Crippen LogP contribution < -0.4 is 10.0 Å². The number of rotatable bonds is 4. The van der Waals surface area contributed by atoms with Crippen molar-refractivity contribution in [2.45, 2.75) is 33.2 Å². The summed E-state index contributed by atoms with van der Waals surface area (Å²) < 4.78 is 13.3. The van der Waals surface area contributed by atoms with Crippen LogP contribution in [0.1, 0.15) is 32.3 Å². The molecular formula is C21H27FN2O3. The zero-order valence-corrected chi connectivity index (χ0v) is 16.0. The van der Waals surface area contributed by atoms with Gasteiger partial charge in [0.05, 0.1) is 32.1 Å². The molecule has 1 aromatic carbocycles. The van der Waals surface area contributed by atoms with E-state index >= 15 is 0 Å². The fraction of sp³-hybridized carbons (Fsp3) is 0.524. The van der Waals surface area contributed by atoms with Crippen molar-refractivity contribution >= 4 is 11.9 Å². The number of carboxylic acids is 1. The molecule has 27 heavy (non-hydrogen) atoms. The summed E-state index contributed by atoms with van der Waals surface area (Å²) >= 11 is 0. The highest BCUT2D eigenvalue weighted by Gasteiger charge is 2.37. The first-order chi connectivity index (χ1) is 12.8. The molecule has 1 saturated heterocycles. The second-order valence-corrected chi connectivity index (χ2v) is 7.88. The Kier molecular flexibility index (Phi) is 5.95. The van der Waals surface area contributed by atoms with Gasteiger partial charge in [0, 0.05) is 17.5 Å². The summed E-state index contributed by atoms with van der Waals surface area (Å²) in [5.74, 6) is -2.69. The van der Waals surface area contributed by atoms with Gasteiger partial charge >= 0.3 is 0 Å². The van der Waals surface area contributed by atoms with E-state index in [0.29, 0.717) is 25.9 Å². The van der Waals surface area contributed by atoms with E-state index < -0.39 is 17.8 Å². The Morgan fingerprint density at radius 1 is 1.15 bits per heavy atom. The molecule has 1 aliphatic carbocycles. The third-order valence-corrected chi connectivity index (χ3v) is 6.01. The summed E-state index contributed by atoms with van der Waals surface area (Å²) in [5.41, 5.74) is 3.11. The third-order valence-electron chi connectivity index (χ3n) is 6.01. The molecule has 0 saturated carbocycles. The normalized spacial score (nSPS) is 24.2. The minimum Gasteiger partial charge on any atom is -0.550 e. The van der Waals surface area contributed by atoms with Crippen LogP contribution in [0, 0.1) is 17.7 Å². The van der Waals surface area contributed by atoms with Crippen molar-refractivity contribution in [2.24, 2.45) is 11.8 Å². The van der Waals surface area contributed by atoms with Crippen molar-refractivity contribution in [3.8, 4) is 0 Å². The predicted molar refractivity (Wildman–Crippen MR) is 97.0 cm³/mol. The summed E-state index contributed by atoms with van der Waals surface area (Å²) in [4.78, 5) is 27.6. The van der Waals surface area contributed by atoms with Crippen LogP contribution in [-0.2, 0) is 16.1 Å². The standard InChI is InChI=1S/C21H27FN2O3/c1-14-10-18(19(21(26)27)11-15(14)2)20(25)24-8-6-23(7-9-24)13-16-4-3-5-17(22)12-16/h3-5,12,18-19H,6-11,13H2,1-2H3,(H,26,27)/t18-,19+/m1/s1. The Balaban J connectivity index is 1.60. The Morgan fingerprint density at radius 2 is 1.78 bits per heavy atom. The lowest BCUT2D eigenvalue weighted by Crippen LogP contribution is -3.13. The summed E-state index contributed by atoms with van der Waals surface area (Å²) in [6.45, 7) is 7.38. The van der Waals surface area contributed by atoms with Crippen molar-refractivity contribution in [3.05, 3.63) is 46.8 Å². The smallest absolute Gasteiger partial charge is 0.227 e. The third kappa shape index (κ3) is 4.56. The van der Waals surface area contributed by atoms with Gasteiger partial charge in [0.25, 0.3) is 0 Å².